The molecule has 156 valence electrons. The van der Waals surface area contributed by atoms with Crippen molar-refractivity contribution in [1.29, 1.82) is 5.26 Å². The van der Waals surface area contributed by atoms with Crippen LogP contribution < -0.4 is 14.8 Å². The number of carbonyl (C=O) groups is 1. The Hall–Kier alpha value is -3.56. The van der Waals surface area contributed by atoms with E-state index in [9.17, 15) is 10.1 Å². The van der Waals surface area contributed by atoms with Gasteiger partial charge >= 0.3 is 0 Å². The maximum atomic E-state index is 12.5. The molecule has 0 saturated heterocycles. The molecule has 5 nitrogen and oxygen atoms in total. The molecule has 6 heteroatoms. The molecular formula is C25H21BrN2O3. The summed E-state index contributed by atoms with van der Waals surface area (Å²) in [6, 6.07) is 24.3. The molecular weight excluding hydrogens is 456 g/mol. The van der Waals surface area contributed by atoms with Crippen molar-refractivity contribution < 1.29 is 14.3 Å². The fraction of sp³-hybridized carbons (Fsp3) is 0.120. The Kier molecular flexibility index (Phi) is 7.85. The molecule has 1 N–H and O–H groups in total. The number of nitriles is 1. The number of hydrogen-bond acceptors (Lipinski definition) is 4. The van der Waals surface area contributed by atoms with Gasteiger partial charge in [0.25, 0.3) is 5.91 Å². The van der Waals surface area contributed by atoms with Crippen LogP contribution in [-0.2, 0) is 11.4 Å². The molecule has 0 unspecified atom stereocenters. The second kappa shape index (κ2) is 11.0. The highest BCUT2D eigenvalue weighted by atomic mass is 79.9. The first-order valence-corrected chi connectivity index (χ1v) is 10.5. The van der Waals surface area contributed by atoms with Gasteiger partial charge < -0.3 is 14.8 Å². The lowest BCUT2D eigenvalue weighted by atomic mass is 10.1. The van der Waals surface area contributed by atoms with Crippen LogP contribution in [0.4, 0.5) is 5.69 Å². The third-order valence-electron chi connectivity index (χ3n) is 4.26. The van der Waals surface area contributed by atoms with E-state index in [1.54, 1.807) is 36.4 Å². The van der Waals surface area contributed by atoms with Crippen LogP contribution in [0.15, 0.2) is 82.8 Å². The maximum absolute atomic E-state index is 12.5. The predicted octanol–water partition coefficient (Wildman–Crippen LogP) is 5.97. The molecule has 0 aliphatic carbocycles. The Morgan fingerprint density at radius 2 is 1.84 bits per heavy atom. The third-order valence-corrected chi connectivity index (χ3v) is 4.76. The van der Waals surface area contributed by atoms with Crippen molar-refractivity contribution in [2.24, 2.45) is 0 Å². The summed E-state index contributed by atoms with van der Waals surface area (Å²) < 4.78 is 12.4. The zero-order valence-electron chi connectivity index (χ0n) is 17.0. The van der Waals surface area contributed by atoms with Gasteiger partial charge in [-0.25, -0.2) is 0 Å². The van der Waals surface area contributed by atoms with E-state index in [0.717, 1.165) is 10.0 Å². The van der Waals surface area contributed by atoms with Crippen LogP contribution >= 0.6 is 15.9 Å². The highest BCUT2D eigenvalue weighted by molar-refractivity contribution is 9.10. The molecule has 31 heavy (non-hydrogen) atoms. The van der Waals surface area contributed by atoms with Gasteiger partial charge in [-0.2, -0.15) is 5.26 Å². The quantitative estimate of drug-likeness (QED) is 0.321. The lowest BCUT2D eigenvalue weighted by Crippen LogP contribution is -2.13. The minimum atomic E-state index is -0.483. The molecule has 0 aromatic heterocycles. The standard InChI is InChI=1S/C25H21BrN2O3/c1-2-30-24-14-19(11-12-23(24)31-17-18-7-4-3-5-8-18)13-20(16-27)25(29)28-22-10-6-9-21(26)15-22/h3-15H,2,17H2,1H3,(H,28,29)/b20-13-. The number of hydrogen-bond donors (Lipinski definition) is 1. The van der Waals surface area contributed by atoms with Crippen LogP contribution in [-0.4, -0.2) is 12.5 Å². The second-order valence-electron chi connectivity index (χ2n) is 6.55. The fourth-order valence-electron chi connectivity index (χ4n) is 2.82. The van der Waals surface area contributed by atoms with Crippen LogP contribution in [0.1, 0.15) is 18.1 Å². The first-order chi connectivity index (χ1) is 15.1. The fourth-order valence-corrected chi connectivity index (χ4v) is 3.22. The summed E-state index contributed by atoms with van der Waals surface area (Å²) in [5, 5.41) is 12.2. The van der Waals surface area contributed by atoms with Gasteiger partial charge in [-0.3, -0.25) is 4.79 Å². The van der Waals surface area contributed by atoms with Crippen molar-refractivity contribution in [3.63, 3.8) is 0 Å². The number of nitrogens with one attached hydrogen (secondary N) is 1. The molecule has 0 bridgehead atoms. The predicted molar refractivity (Wildman–Crippen MR) is 125 cm³/mol. The summed E-state index contributed by atoms with van der Waals surface area (Å²) >= 11 is 3.36. The van der Waals surface area contributed by atoms with E-state index in [1.807, 2.05) is 49.4 Å². The SMILES string of the molecule is CCOc1cc(/C=C(/C#N)C(=O)Nc2cccc(Br)c2)ccc1OCc1ccccc1. The van der Waals surface area contributed by atoms with Crippen molar-refractivity contribution >= 4 is 33.6 Å². The number of benzene rings is 3. The molecule has 3 rings (SSSR count). The summed E-state index contributed by atoms with van der Waals surface area (Å²) in [6.07, 6.45) is 1.52. The normalized spacial score (nSPS) is 10.8. The van der Waals surface area contributed by atoms with Gasteiger partial charge in [0, 0.05) is 10.2 Å². The van der Waals surface area contributed by atoms with E-state index in [-0.39, 0.29) is 5.57 Å². The zero-order valence-corrected chi connectivity index (χ0v) is 18.6. The number of rotatable bonds is 8. The van der Waals surface area contributed by atoms with E-state index in [4.69, 9.17) is 9.47 Å². The minimum absolute atomic E-state index is 0.0135. The van der Waals surface area contributed by atoms with Gasteiger partial charge in [0.1, 0.15) is 18.2 Å². The smallest absolute Gasteiger partial charge is 0.266 e. The number of ether oxygens (including phenoxy) is 2. The summed E-state index contributed by atoms with van der Waals surface area (Å²) in [6.45, 7) is 2.76. The van der Waals surface area contributed by atoms with E-state index >= 15 is 0 Å². The topological polar surface area (TPSA) is 71.3 Å². The highest BCUT2D eigenvalue weighted by Crippen LogP contribution is 2.30. The Bertz CT molecular complexity index is 1120. The van der Waals surface area contributed by atoms with Crippen LogP contribution in [0.25, 0.3) is 6.08 Å². The first-order valence-electron chi connectivity index (χ1n) is 9.71. The lowest BCUT2D eigenvalue weighted by Gasteiger charge is -2.13. The molecule has 0 radical (unpaired) electrons. The van der Waals surface area contributed by atoms with Crippen molar-refractivity contribution in [3.8, 4) is 17.6 Å². The molecule has 0 aliphatic rings. The average Bonchev–Trinajstić information content (AvgIpc) is 2.77. The average molecular weight is 477 g/mol. The van der Waals surface area contributed by atoms with E-state index < -0.39 is 5.91 Å². The van der Waals surface area contributed by atoms with Crippen LogP contribution in [0.5, 0.6) is 11.5 Å². The zero-order chi connectivity index (χ0) is 22.1. The number of amides is 1. The van der Waals surface area contributed by atoms with E-state index in [0.29, 0.717) is 36.0 Å². The van der Waals surface area contributed by atoms with Crippen molar-refractivity contribution in [2.75, 3.05) is 11.9 Å². The number of carbonyl (C=O) groups excluding carboxylic acids is 1. The van der Waals surface area contributed by atoms with Crippen LogP contribution in [0, 0.1) is 11.3 Å². The van der Waals surface area contributed by atoms with Gasteiger partial charge in [0.2, 0.25) is 0 Å². The van der Waals surface area contributed by atoms with Crippen LogP contribution in [0.2, 0.25) is 0 Å². The first kappa shape index (κ1) is 22.1. The van der Waals surface area contributed by atoms with Crippen molar-refractivity contribution in [1.82, 2.24) is 0 Å². The Morgan fingerprint density at radius 1 is 1.03 bits per heavy atom. The van der Waals surface area contributed by atoms with E-state index in [2.05, 4.69) is 21.2 Å². The largest absolute Gasteiger partial charge is 0.490 e. The monoisotopic (exact) mass is 476 g/mol. The van der Waals surface area contributed by atoms with Crippen molar-refractivity contribution in [2.45, 2.75) is 13.5 Å². The minimum Gasteiger partial charge on any atom is -0.490 e. The maximum Gasteiger partial charge on any atom is 0.266 e. The van der Waals surface area contributed by atoms with Crippen molar-refractivity contribution in [3.05, 3.63) is 94.0 Å². The molecule has 3 aromatic carbocycles. The Morgan fingerprint density at radius 3 is 2.55 bits per heavy atom. The molecule has 0 spiro atoms. The Labute approximate surface area is 190 Å². The molecule has 0 atom stereocenters. The summed E-state index contributed by atoms with van der Waals surface area (Å²) in [7, 11) is 0. The van der Waals surface area contributed by atoms with Gasteiger partial charge in [0.05, 0.1) is 6.61 Å². The van der Waals surface area contributed by atoms with Gasteiger partial charge in [-0.1, -0.05) is 58.4 Å². The Balaban J connectivity index is 1.78. The highest BCUT2D eigenvalue weighted by Gasteiger charge is 2.12. The molecule has 0 saturated carbocycles. The lowest BCUT2D eigenvalue weighted by molar-refractivity contribution is -0.112. The number of nitrogens with zero attached hydrogens (tertiary/aromatic N) is 1. The van der Waals surface area contributed by atoms with Gasteiger partial charge in [-0.15, -0.1) is 0 Å². The molecule has 0 fully saturated rings. The number of halogens is 1. The molecule has 3 aromatic rings. The van der Waals surface area contributed by atoms with Gasteiger partial charge in [0.15, 0.2) is 11.5 Å². The molecule has 0 heterocycles. The third kappa shape index (κ3) is 6.46. The number of anilines is 1. The van der Waals surface area contributed by atoms with E-state index in [1.165, 1.54) is 6.08 Å². The summed E-state index contributed by atoms with van der Waals surface area (Å²) in [4.78, 5) is 12.5. The van der Waals surface area contributed by atoms with Gasteiger partial charge in [-0.05, 0) is 54.5 Å². The summed E-state index contributed by atoms with van der Waals surface area (Å²) in [5.41, 5.74) is 2.29. The summed E-state index contributed by atoms with van der Waals surface area (Å²) in [5.74, 6) is 0.666. The molecule has 1 amide bonds. The van der Waals surface area contributed by atoms with Crippen LogP contribution in [0.3, 0.4) is 0 Å². The second-order valence-corrected chi connectivity index (χ2v) is 7.46. The molecule has 0 aliphatic heterocycles.